The molecule has 6 nitrogen and oxygen atoms in total. The van der Waals surface area contributed by atoms with Crippen LogP contribution in [0.25, 0.3) is 0 Å². The van der Waals surface area contributed by atoms with E-state index in [0.717, 1.165) is 57.4 Å². The van der Waals surface area contributed by atoms with Gasteiger partial charge in [-0.15, -0.1) is 0 Å². The zero-order valence-electron chi connectivity index (χ0n) is 16.8. The fourth-order valence-electron chi connectivity index (χ4n) is 5.14. The largest absolute Gasteiger partial charge is 0.507 e. The van der Waals surface area contributed by atoms with Crippen molar-refractivity contribution in [2.75, 3.05) is 39.4 Å². The molecule has 2 atom stereocenters. The van der Waals surface area contributed by atoms with Crippen LogP contribution in [0.5, 0.6) is 5.75 Å². The quantitative estimate of drug-likeness (QED) is 0.827. The van der Waals surface area contributed by atoms with Crippen molar-refractivity contribution in [1.29, 1.82) is 0 Å². The van der Waals surface area contributed by atoms with Gasteiger partial charge in [-0.05, 0) is 63.1 Å². The first-order valence-electron chi connectivity index (χ1n) is 10.6. The first-order valence-corrected chi connectivity index (χ1v) is 10.6. The highest BCUT2D eigenvalue weighted by Crippen LogP contribution is 2.43. The Morgan fingerprint density at radius 2 is 2.07 bits per heavy atom. The molecule has 3 aliphatic heterocycles. The van der Waals surface area contributed by atoms with Crippen molar-refractivity contribution in [3.63, 3.8) is 0 Å². The Hall–Kier alpha value is -1.63. The molecule has 0 bridgehead atoms. The number of likely N-dealkylation sites (tertiary alicyclic amines) is 2. The molecule has 1 spiro atoms. The number of piperidine rings is 1. The number of aryl methyl sites for hydroxylation is 1. The number of ether oxygens (including phenoxy) is 1. The molecule has 28 heavy (non-hydrogen) atoms. The topological polar surface area (TPSA) is 73.2 Å². The molecule has 0 radical (unpaired) electrons. The Kier molecular flexibility index (Phi) is 5.63. The van der Waals surface area contributed by atoms with Crippen molar-refractivity contribution in [1.82, 2.24) is 9.80 Å². The SMILES string of the molecule is Cc1ccc(O)c(C(=O)N2CCC3(CC2)CO[C@H](CN2CCC[C@H]2CO)C3)c1. The van der Waals surface area contributed by atoms with Gasteiger partial charge in [-0.2, -0.15) is 0 Å². The second-order valence-corrected chi connectivity index (χ2v) is 8.92. The number of phenolic OH excluding ortho intramolecular Hbond substituents is 1. The van der Waals surface area contributed by atoms with Gasteiger partial charge in [0.15, 0.2) is 0 Å². The Morgan fingerprint density at radius 1 is 1.29 bits per heavy atom. The van der Waals surface area contributed by atoms with Crippen LogP contribution in [-0.4, -0.2) is 77.5 Å². The lowest BCUT2D eigenvalue weighted by molar-refractivity contribution is 0.0400. The first-order chi connectivity index (χ1) is 13.5. The van der Waals surface area contributed by atoms with Crippen LogP contribution in [0.15, 0.2) is 18.2 Å². The van der Waals surface area contributed by atoms with Crippen molar-refractivity contribution in [3.8, 4) is 5.75 Å². The Balaban J connectivity index is 1.33. The predicted octanol–water partition coefficient (Wildman–Crippen LogP) is 2.17. The maximum Gasteiger partial charge on any atom is 0.257 e. The van der Waals surface area contributed by atoms with Gasteiger partial charge >= 0.3 is 0 Å². The van der Waals surface area contributed by atoms with Crippen LogP contribution in [0.2, 0.25) is 0 Å². The molecule has 2 N–H and O–H groups in total. The van der Waals surface area contributed by atoms with Gasteiger partial charge in [-0.1, -0.05) is 11.6 Å². The van der Waals surface area contributed by atoms with Crippen molar-refractivity contribution >= 4 is 5.91 Å². The first kappa shape index (κ1) is 19.7. The maximum atomic E-state index is 12.8. The predicted molar refractivity (Wildman–Crippen MR) is 106 cm³/mol. The number of carbonyl (C=O) groups excluding carboxylic acids is 1. The van der Waals surface area contributed by atoms with Gasteiger partial charge in [-0.3, -0.25) is 9.69 Å². The Bertz CT molecular complexity index is 714. The number of aliphatic hydroxyl groups is 1. The Morgan fingerprint density at radius 3 is 2.82 bits per heavy atom. The molecule has 3 fully saturated rings. The van der Waals surface area contributed by atoms with E-state index in [1.807, 2.05) is 17.9 Å². The highest BCUT2D eigenvalue weighted by atomic mass is 16.5. The number of hydrogen-bond donors (Lipinski definition) is 2. The normalized spacial score (nSPS) is 27.6. The number of amides is 1. The highest BCUT2D eigenvalue weighted by Gasteiger charge is 2.44. The van der Waals surface area contributed by atoms with E-state index in [1.54, 1.807) is 12.1 Å². The molecule has 0 aliphatic carbocycles. The lowest BCUT2D eigenvalue weighted by Crippen LogP contribution is -2.44. The van der Waals surface area contributed by atoms with Crippen LogP contribution < -0.4 is 0 Å². The number of benzene rings is 1. The van der Waals surface area contributed by atoms with Crippen LogP contribution in [0, 0.1) is 12.3 Å². The van der Waals surface area contributed by atoms with E-state index in [2.05, 4.69) is 4.90 Å². The Labute approximate surface area is 167 Å². The van der Waals surface area contributed by atoms with Crippen molar-refractivity contribution < 1.29 is 19.7 Å². The average molecular weight is 389 g/mol. The smallest absolute Gasteiger partial charge is 0.257 e. The molecule has 3 saturated heterocycles. The summed E-state index contributed by atoms with van der Waals surface area (Å²) in [4.78, 5) is 17.1. The van der Waals surface area contributed by atoms with Crippen molar-refractivity contribution in [3.05, 3.63) is 29.3 Å². The molecule has 1 amide bonds. The molecule has 1 aromatic rings. The van der Waals surface area contributed by atoms with Gasteiger partial charge in [-0.25, -0.2) is 0 Å². The molecule has 3 aliphatic rings. The number of carbonyl (C=O) groups is 1. The minimum Gasteiger partial charge on any atom is -0.507 e. The second-order valence-electron chi connectivity index (χ2n) is 8.92. The summed E-state index contributed by atoms with van der Waals surface area (Å²) in [5.41, 5.74) is 1.55. The van der Waals surface area contributed by atoms with E-state index < -0.39 is 0 Å². The zero-order chi connectivity index (χ0) is 19.7. The molecule has 1 aromatic carbocycles. The molecule has 0 aromatic heterocycles. The van der Waals surface area contributed by atoms with E-state index in [4.69, 9.17) is 4.74 Å². The standard InChI is InChI=1S/C22H32N2O4/c1-16-4-5-20(26)19(11-16)21(27)23-9-6-22(7-10-23)12-18(28-15-22)13-24-8-2-3-17(24)14-25/h4-5,11,17-18,25-26H,2-3,6-10,12-15H2,1H3/t17-,18-/m0/s1. The summed E-state index contributed by atoms with van der Waals surface area (Å²) in [5, 5.41) is 19.6. The summed E-state index contributed by atoms with van der Waals surface area (Å²) in [6.07, 6.45) is 5.41. The van der Waals surface area contributed by atoms with E-state index in [1.165, 1.54) is 0 Å². The van der Waals surface area contributed by atoms with Crippen LogP contribution in [0.1, 0.15) is 48.0 Å². The minimum atomic E-state index is -0.0747. The summed E-state index contributed by atoms with van der Waals surface area (Å²) in [6, 6.07) is 5.47. The van der Waals surface area contributed by atoms with E-state index in [9.17, 15) is 15.0 Å². The highest BCUT2D eigenvalue weighted by molar-refractivity contribution is 5.97. The monoisotopic (exact) mass is 388 g/mol. The molecule has 0 saturated carbocycles. The summed E-state index contributed by atoms with van der Waals surface area (Å²) in [5.74, 6) is -0.0152. The average Bonchev–Trinajstić information content (AvgIpc) is 3.31. The van der Waals surface area contributed by atoms with Gasteiger partial charge in [0.25, 0.3) is 5.91 Å². The lowest BCUT2D eigenvalue weighted by atomic mass is 9.76. The number of nitrogens with zero attached hydrogens (tertiary/aromatic N) is 2. The second kappa shape index (κ2) is 8.01. The molecular weight excluding hydrogens is 356 g/mol. The third-order valence-corrected chi connectivity index (χ3v) is 6.93. The van der Waals surface area contributed by atoms with Gasteiger partial charge in [0.2, 0.25) is 0 Å². The van der Waals surface area contributed by atoms with Gasteiger partial charge in [0.1, 0.15) is 5.75 Å². The number of aliphatic hydroxyl groups excluding tert-OH is 1. The molecule has 0 unspecified atom stereocenters. The number of phenols is 1. The van der Waals surface area contributed by atoms with Gasteiger partial charge in [0, 0.05) is 25.7 Å². The van der Waals surface area contributed by atoms with Crippen molar-refractivity contribution in [2.45, 2.75) is 51.2 Å². The zero-order valence-corrected chi connectivity index (χ0v) is 16.8. The number of aromatic hydroxyl groups is 1. The summed E-state index contributed by atoms with van der Waals surface area (Å²) in [7, 11) is 0. The molecule has 6 heteroatoms. The molecule has 4 rings (SSSR count). The summed E-state index contributed by atoms with van der Waals surface area (Å²) in [6.45, 7) is 6.33. The van der Waals surface area contributed by atoms with E-state index >= 15 is 0 Å². The van der Waals surface area contributed by atoms with E-state index in [0.29, 0.717) is 24.7 Å². The number of rotatable bonds is 4. The van der Waals surface area contributed by atoms with Crippen LogP contribution in [-0.2, 0) is 4.74 Å². The number of hydrogen-bond acceptors (Lipinski definition) is 5. The van der Waals surface area contributed by atoms with E-state index in [-0.39, 0.29) is 29.8 Å². The van der Waals surface area contributed by atoms with Crippen LogP contribution >= 0.6 is 0 Å². The fourth-order valence-corrected chi connectivity index (χ4v) is 5.14. The molecule has 154 valence electrons. The summed E-state index contributed by atoms with van der Waals surface area (Å²) < 4.78 is 6.15. The van der Waals surface area contributed by atoms with Crippen molar-refractivity contribution in [2.24, 2.45) is 5.41 Å². The maximum absolute atomic E-state index is 12.8. The molecule has 3 heterocycles. The third-order valence-electron chi connectivity index (χ3n) is 6.93. The van der Waals surface area contributed by atoms with Gasteiger partial charge in [0.05, 0.1) is 24.9 Å². The van der Waals surface area contributed by atoms with Gasteiger partial charge < -0.3 is 19.8 Å². The third kappa shape index (κ3) is 3.91. The van der Waals surface area contributed by atoms with Crippen LogP contribution in [0.4, 0.5) is 0 Å². The summed E-state index contributed by atoms with van der Waals surface area (Å²) >= 11 is 0. The fraction of sp³-hybridized carbons (Fsp3) is 0.682. The lowest BCUT2D eigenvalue weighted by Gasteiger charge is -2.38. The van der Waals surface area contributed by atoms with Crippen LogP contribution in [0.3, 0.4) is 0 Å². The minimum absolute atomic E-state index is 0.0594. The molecular formula is C22H32N2O4.